The Labute approximate surface area is 90.0 Å². The van der Waals surface area contributed by atoms with Crippen molar-refractivity contribution in [3.05, 3.63) is 22.4 Å². The van der Waals surface area contributed by atoms with Crippen molar-refractivity contribution >= 4 is 11.3 Å². The molecule has 0 aromatic carbocycles. The van der Waals surface area contributed by atoms with E-state index in [1.807, 2.05) is 0 Å². The van der Waals surface area contributed by atoms with E-state index in [2.05, 4.69) is 29.8 Å². The summed E-state index contributed by atoms with van der Waals surface area (Å²) in [5.74, 6) is 0. The van der Waals surface area contributed by atoms with Gasteiger partial charge in [0.15, 0.2) is 0 Å². The smallest absolute Gasteiger partial charge is 0.0668 e. The van der Waals surface area contributed by atoms with Crippen LogP contribution in [0.5, 0.6) is 0 Å². The first-order valence-electron chi connectivity index (χ1n) is 5.24. The van der Waals surface area contributed by atoms with Crippen molar-refractivity contribution in [2.24, 2.45) is 0 Å². The second kappa shape index (κ2) is 6.98. The summed E-state index contributed by atoms with van der Waals surface area (Å²) in [6.07, 6.45) is 2.77. The molecule has 14 heavy (non-hydrogen) atoms. The topological polar surface area (TPSA) is 32.3 Å². The Hall–Kier alpha value is -0.380. The lowest BCUT2D eigenvalue weighted by Gasteiger charge is -2.10. The summed E-state index contributed by atoms with van der Waals surface area (Å²) in [4.78, 5) is 1.36. The van der Waals surface area contributed by atoms with Crippen molar-refractivity contribution < 1.29 is 5.11 Å². The zero-order valence-corrected chi connectivity index (χ0v) is 9.52. The molecule has 2 N–H and O–H groups in total. The molecule has 0 aliphatic carbocycles. The zero-order valence-electron chi connectivity index (χ0n) is 8.70. The first kappa shape index (κ1) is 11.7. The Morgan fingerprint density at radius 1 is 1.57 bits per heavy atom. The van der Waals surface area contributed by atoms with Gasteiger partial charge in [-0.3, -0.25) is 0 Å². The highest BCUT2D eigenvalue weighted by molar-refractivity contribution is 7.09. The van der Waals surface area contributed by atoms with Gasteiger partial charge in [0.2, 0.25) is 0 Å². The van der Waals surface area contributed by atoms with Crippen LogP contribution < -0.4 is 5.32 Å². The highest BCUT2D eigenvalue weighted by Crippen LogP contribution is 2.11. The number of nitrogens with one attached hydrogen (secondary N) is 1. The molecule has 0 saturated carbocycles. The average Bonchev–Trinajstić information content (AvgIpc) is 2.68. The van der Waals surface area contributed by atoms with E-state index in [9.17, 15) is 5.11 Å². The second-order valence-electron chi connectivity index (χ2n) is 3.48. The van der Waals surface area contributed by atoms with Crippen LogP contribution in [0.15, 0.2) is 17.5 Å². The molecule has 1 atom stereocenters. The summed E-state index contributed by atoms with van der Waals surface area (Å²) in [5, 5.41) is 14.9. The van der Waals surface area contributed by atoms with Crippen LogP contribution >= 0.6 is 11.3 Å². The molecule has 1 aromatic rings. The van der Waals surface area contributed by atoms with Gasteiger partial charge in [0.25, 0.3) is 0 Å². The highest BCUT2D eigenvalue weighted by Gasteiger charge is 2.03. The minimum Gasteiger partial charge on any atom is -0.392 e. The molecule has 0 saturated heterocycles. The van der Waals surface area contributed by atoms with E-state index in [0.29, 0.717) is 0 Å². The SMILES string of the molecule is CCCNCC(O)CCc1cccs1. The van der Waals surface area contributed by atoms with Gasteiger partial charge in [-0.25, -0.2) is 0 Å². The molecule has 0 fully saturated rings. The molecule has 1 rings (SSSR count). The Morgan fingerprint density at radius 3 is 3.07 bits per heavy atom. The minimum absolute atomic E-state index is 0.205. The first-order chi connectivity index (χ1) is 6.83. The molecular weight excluding hydrogens is 194 g/mol. The van der Waals surface area contributed by atoms with Crippen molar-refractivity contribution in [1.29, 1.82) is 0 Å². The van der Waals surface area contributed by atoms with Crippen LogP contribution in [-0.2, 0) is 6.42 Å². The molecular formula is C11H19NOS. The molecule has 0 aliphatic heterocycles. The molecule has 0 aliphatic rings. The zero-order chi connectivity index (χ0) is 10.2. The van der Waals surface area contributed by atoms with Crippen LogP contribution in [0.1, 0.15) is 24.6 Å². The Balaban J connectivity index is 2.06. The molecule has 0 amide bonds. The summed E-state index contributed by atoms with van der Waals surface area (Å²) in [5.41, 5.74) is 0. The van der Waals surface area contributed by atoms with Crippen molar-refractivity contribution in [3.8, 4) is 0 Å². The predicted molar refractivity (Wildman–Crippen MR) is 61.8 cm³/mol. The van der Waals surface area contributed by atoms with Gasteiger partial charge in [-0.2, -0.15) is 0 Å². The van der Waals surface area contributed by atoms with Crippen molar-refractivity contribution in [2.45, 2.75) is 32.3 Å². The summed E-state index contributed by atoms with van der Waals surface area (Å²) < 4.78 is 0. The molecule has 1 aromatic heterocycles. The summed E-state index contributed by atoms with van der Waals surface area (Å²) in [6.45, 7) is 3.85. The van der Waals surface area contributed by atoms with Crippen LogP contribution in [0.25, 0.3) is 0 Å². The first-order valence-corrected chi connectivity index (χ1v) is 6.12. The Bertz CT molecular complexity index is 223. The third-order valence-electron chi connectivity index (χ3n) is 2.11. The Morgan fingerprint density at radius 2 is 2.43 bits per heavy atom. The number of aliphatic hydroxyl groups excluding tert-OH is 1. The fourth-order valence-electron chi connectivity index (χ4n) is 1.31. The number of rotatable bonds is 7. The lowest BCUT2D eigenvalue weighted by molar-refractivity contribution is 0.162. The maximum absolute atomic E-state index is 9.62. The Kier molecular flexibility index (Phi) is 5.83. The van der Waals surface area contributed by atoms with Crippen molar-refractivity contribution in [3.63, 3.8) is 0 Å². The van der Waals surface area contributed by atoms with Gasteiger partial charge in [-0.05, 0) is 37.3 Å². The normalized spacial score (nSPS) is 13.0. The molecule has 0 radical (unpaired) electrons. The summed E-state index contributed by atoms with van der Waals surface area (Å²) in [7, 11) is 0. The van der Waals surface area contributed by atoms with E-state index >= 15 is 0 Å². The molecule has 3 heteroatoms. The maximum atomic E-state index is 9.62. The second-order valence-corrected chi connectivity index (χ2v) is 4.51. The largest absolute Gasteiger partial charge is 0.392 e. The fourth-order valence-corrected chi connectivity index (χ4v) is 2.04. The molecule has 2 nitrogen and oxygen atoms in total. The standard InChI is InChI=1S/C11H19NOS/c1-2-7-12-9-10(13)5-6-11-4-3-8-14-11/h3-4,8,10,12-13H,2,5-7,9H2,1H3. The van der Waals surface area contributed by atoms with E-state index in [1.165, 1.54) is 4.88 Å². The van der Waals surface area contributed by atoms with E-state index in [4.69, 9.17) is 0 Å². The number of aryl methyl sites for hydroxylation is 1. The van der Waals surface area contributed by atoms with Crippen LogP contribution in [-0.4, -0.2) is 24.3 Å². The van der Waals surface area contributed by atoms with Gasteiger partial charge in [0.1, 0.15) is 0 Å². The third-order valence-corrected chi connectivity index (χ3v) is 3.05. The van der Waals surface area contributed by atoms with Gasteiger partial charge >= 0.3 is 0 Å². The third kappa shape index (κ3) is 4.74. The highest BCUT2D eigenvalue weighted by atomic mass is 32.1. The van der Waals surface area contributed by atoms with E-state index < -0.39 is 0 Å². The number of thiophene rings is 1. The fraction of sp³-hybridized carbons (Fsp3) is 0.636. The lowest BCUT2D eigenvalue weighted by atomic mass is 10.2. The molecule has 0 bridgehead atoms. The summed E-state index contributed by atoms with van der Waals surface area (Å²) in [6, 6.07) is 4.18. The molecule has 1 unspecified atom stereocenters. The molecule has 0 spiro atoms. The maximum Gasteiger partial charge on any atom is 0.0668 e. The lowest BCUT2D eigenvalue weighted by Crippen LogP contribution is -2.27. The van der Waals surface area contributed by atoms with Crippen molar-refractivity contribution in [1.82, 2.24) is 5.32 Å². The van der Waals surface area contributed by atoms with Crippen LogP contribution in [0.4, 0.5) is 0 Å². The van der Waals surface area contributed by atoms with Crippen LogP contribution in [0.2, 0.25) is 0 Å². The minimum atomic E-state index is -0.205. The van der Waals surface area contributed by atoms with E-state index in [0.717, 1.165) is 32.4 Å². The quantitative estimate of drug-likeness (QED) is 0.679. The van der Waals surface area contributed by atoms with Gasteiger partial charge in [-0.15, -0.1) is 11.3 Å². The number of hydrogen-bond acceptors (Lipinski definition) is 3. The monoisotopic (exact) mass is 213 g/mol. The van der Waals surface area contributed by atoms with Crippen LogP contribution in [0.3, 0.4) is 0 Å². The van der Waals surface area contributed by atoms with E-state index in [-0.39, 0.29) is 6.10 Å². The number of hydrogen-bond donors (Lipinski definition) is 2. The summed E-state index contributed by atoms with van der Waals surface area (Å²) >= 11 is 1.76. The molecule has 80 valence electrons. The van der Waals surface area contributed by atoms with Gasteiger partial charge in [0.05, 0.1) is 6.10 Å². The van der Waals surface area contributed by atoms with Gasteiger partial charge < -0.3 is 10.4 Å². The predicted octanol–water partition coefficient (Wildman–Crippen LogP) is 2.04. The van der Waals surface area contributed by atoms with Gasteiger partial charge in [-0.1, -0.05) is 13.0 Å². The van der Waals surface area contributed by atoms with Crippen LogP contribution in [0, 0.1) is 0 Å². The van der Waals surface area contributed by atoms with Crippen molar-refractivity contribution in [2.75, 3.05) is 13.1 Å². The molecule has 1 heterocycles. The average molecular weight is 213 g/mol. The number of aliphatic hydroxyl groups is 1. The van der Waals surface area contributed by atoms with Gasteiger partial charge in [0, 0.05) is 11.4 Å². The van der Waals surface area contributed by atoms with E-state index in [1.54, 1.807) is 11.3 Å².